The standard InChI is InChI=1S/C12H13BrN2O4/c1-7(11(17)15-12(14)18)19-10(16)6-8-2-4-9(13)5-3-8/h2-5,7H,6H2,1H3,(H3,14,15,17,18)/t7-/m1/s1. The summed E-state index contributed by atoms with van der Waals surface area (Å²) < 4.78 is 5.78. The van der Waals surface area contributed by atoms with Crippen molar-refractivity contribution in [2.75, 3.05) is 0 Å². The Morgan fingerprint density at radius 3 is 2.42 bits per heavy atom. The Bertz CT molecular complexity index is 487. The molecule has 7 heteroatoms. The summed E-state index contributed by atoms with van der Waals surface area (Å²) in [6.45, 7) is 1.36. The smallest absolute Gasteiger partial charge is 0.318 e. The number of primary amides is 1. The third-order valence-electron chi connectivity index (χ3n) is 2.19. The molecule has 3 amide bonds. The highest BCUT2D eigenvalue weighted by atomic mass is 79.9. The summed E-state index contributed by atoms with van der Waals surface area (Å²) in [5.41, 5.74) is 5.54. The van der Waals surface area contributed by atoms with E-state index in [9.17, 15) is 14.4 Å². The molecule has 0 saturated heterocycles. The van der Waals surface area contributed by atoms with Gasteiger partial charge in [0, 0.05) is 4.47 Å². The second-order valence-electron chi connectivity index (χ2n) is 3.79. The highest BCUT2D eigenvalue weighted by molar-refractivity contribution is 9.10. The SMILES string of the molecule is C[C@@H](OC(=O)Cc1ccc(Br)cc1)C(=O)NC(N)=O. The molecule has 0 heterocycles. The molecule has 0 aliphatic rings. The van der Waals surface area contributed by atoms with E-state index in [1.54, 1.807) is 24.3 Å². The molecular formula is C12H13BrN2O4. The molecule has 0 spiro atoms. The number of halogens is 1. The fourth-order valence-corrected chi connectivity index (χ4v) is 1.55. The van der Waals surface area contributed by atoms with Crippen LogP contribution in [0, 0.1) is 0 Å². The van der Waals surface area contributed by atoms with Crippen molar-refractivity contribution >= 4 is 33.8 Å². The van der Waals surface area contributed by atoms with Gasteiger partial charge < -0.3 is 10.5 Å². The normalized spacial score (nSPS) is 11.5. The first-order valence-corrected chi connectivity index (χ1v) is 6.22. The Kier molecular flexibility index (Phi) is 5.50. The van der Waals surface area contributed by atoms with E-state index in [4.69, 9.17) is 10.5 Å². The molecule has 6 nitrogen and oxygen atoms in total. The van der Waals surface area contributed by atoms with Crippen LogP contribution in [0.1, 0.15) is 12.5 Å². The van der Waals surface area contributed by atoms with Gasteiger partial charge in [-0.25, -0.2) is 4.79 Å². The van der Waals surface area contributed by atoms with E-state index in [1.807, 2.05) is 5.32 Å². The van der Waals surface area contributed by atoms with Crippen LogP contribution < -0.4 is 11.1 Å². The summed E-state index contributed by atoms with van der Waals surface area (Å²) in [7, 11) is 0. The third-order valence-corrected chi connectivity index (χ3v) is 2.71. The quantitative estimate of drug-likeness (QED) is 0.809. The summed E-state index contributed by atoms with van der Waals surface area (Å²) in [5, 5.41) is 1.84. The number of carbonyl (C=O) groups is 3. The lowest BCUT2D eigenvalue weighted by molar-refractivity contribution is -0.153. The molecule has 0 aromatic heterocycles. The van der Waals surface area contributed by atoms with Crippen molar-refractivity contribution < 1.29 is 19.1 Å². The van der Waals surface area contributed by atoms with Crippen LogP contribution in [-0.2, 0) is 20.7 Å². The Hall–Kier alpha value is -1.89. The van der Waals surface area contributed by atoms with E-state index in [0.717, 1.165) is 10.0 Å². The largest absolute Gasteiger partial charge is 0.452 e. The maximum atomic E-state index is 11.6. The van der Waals surface area contributed by atoms with Gasteiger partial charge in [0.1, 0.15) is 0 Å². The molecular weight excluding hydrogens is 316 g/mol. The van der Waals surface area contributed by atoms with Crippen LogP contribution in [0.5, 0.6) is 0 Å². The van der Waals surface area contributed by atoms with Crippen molar-refractivity contribution in [1.82, 2.24) is 5.32 Å². The van der Waals surface area contributed by atoms with Crippen molar-refractivity contribution in [2.24, 2.45) is 5.73 Å². The first kappa shape index (κ1) is 15.2. The van der Waals surface area contributed by atoms with Crippen LogP contribution in [0.2, 0.25) is 0 Å². The Morgan fingerprint density at radius 1 is 1.32 bits per heavy atom. The van der Waals surface area contributed by atoms with Gasteiger partial charge in [0.2, 0.25) is 0 Å². The molecule has 0 fully saturated rings. The van der Waals surface area contributed by atoms with Gasteiger partial charge in [-0.2, -0.15) is 0 Å². The van der Waals surface area contributed by atoms with Crippen LogP contribution in [0.3, 0.4) is 0 Å². The van der Waals surface area contributed by atoms with Crippen molar-refractivity contribution in [1.29, 1.82) is 0 Å². The molecule has 102 valence electrons. The van der Waals surface area contributed by atoms with Gasteiger partial charge in [-0.1, -0.05) is 28.1 Å². The number of esters is 1. The van der Waals surface area contributed by atoms with Crippen molar-refractivity contribution in [3.8, 4) is 0 Å². The lowest BCUT2D eigenvalue weighted by atomic mass is 10.1. The summed E-state index contributed by atoms with van der Waals surface area (Å²) in [5.74, 6) is -1.31. The minimum atomic E-state index is -1.07. The molecule has 0 unspecified atom stereocenters. The van der Waals surface area contributed by atoms with Gasteiger partial charge in [-0.05, 0) is 24.6 Å². The number of urea groups is 1. The summed E-state index contributed by atoms with van der Waals surface area (Å²) >= 11 is 3.28. The number of hydrogen-bond acceptors (Lipinski definition) is 4. The molecule has 0 radical (unpaired) electrons. The number of carbonyl (C=O) groups excluding carboxylic acids is 3. The number of hydrogen-bond donors (Lipinski definition) is 2. The first-order valence-electron chi connectivity index (χ1n) is 5.42. The second-order valence-corrected chi connectivity index (χ2v) is 4.70. The van der Waals surface area contributed by atoms with Gasteiger partial charge in [0.05, 0.1) is 6.42 Å². The fraction of sp³-hybridized carbons (Fsp3) is 0.250. The molecule has 1 aromatic carbocycles. The van der Waals surface area contributed by atoms with Crippen LogP contribution >= 0.6 is 15.9 Å². The average molecular weight is 329 g/mol. The number of nitrogens with one attached hydrogen (secondary N) is 1. The maximum Gasteiger partial charge on any atom is 0.318 e. The van der Waals surface area contributed by atoms with E-state index >= 15 is 0 Å². The number of benzene rings is 1. The zero-order valence-corrected chi connectivity index (χ0v) is 11.8. The number of rotatable bonds is 4. The summed E-state index contributed by atoms with van der Waals surface area (Å²) in [4.78, 5) is 33.3. The van der Waals surface area contributed by atoms with Crippen molar-refractivity contribution in [3.63, 3.8) is 0 Å². The topological polar surface area (TPSA) is 98.5 Å². The third kappa shape index (κ3) is 5.52. The highest BCUT2D eigenvalue weighted by Crippen LogP contribution is 2.11. The van der Waals surface area contributed by atoms with Gasteiger partial charge >= 0.3 is 12.0 Å². The Labute approximate surface area is 118 Å². The minimum absolute atomic E-state index is 0.0431. The molecule has 1 rings (SSSR count). The van der Waals surface area contributed by atoms with Gasteiger partial charge in [-0.3, -0.25) is 14.9 Å². The average Bonchev–Trinajstić information content (AvgIpc) is 2.31. The zero-order chi connectivity index (χ0) is 14.4. The number of ether oxygens (including phenoxy) is 1. The number of amides is 3. The van der Waals surface area contributed by atoms with Crippen LogP contribution in [0.15, 0.2) is 28.7 Å². The predicted octanol–water partition coefficient (Wildman–Crippen LogP) is 1.12. The monoisotopic (exact) mass is 328 g/mol. The Morgan fingerprint density at radius 2 is 1.89 bits per heavy atom. The zero-order valence-electron chi connectivity index (χ0n) is 10.2. The van der Waals surface area contributed by atoms with Crippen molar-refractivity contribution in [2.45, 2.75) is 19.4 Å². The molecule has 1 atom stereocenters. The molecule has 3 N–H and O–H groups in total. The van der Waals surface area contributed by atoms with E-state index in [-0.39, 0.29) is 6.42 Å². The molecule has 19 heavy (non-hydrogen) atoms. The lowest BCUT2D eigenvalue weighted by Crippen LogP contribution is -2.42. The summed E-state index contributed by atoms with van der Waals surface area (Å²) in [6.07, 6.45) is -1.03. The first-order chi connectivity index (χ1) is 8.88. The second kappa shape index (κ2) is 6.89. The molecule has 1 aromatic rings. The molecule has 0 aliphatic carbocycles. The summed E-state index contributed by atoms with van der Waals surface area (Å²) in [6, 6.07) is 6.14. The molecule has 0 aliphatic heterocycles. The highest BCUT2D eigenvalue weighted by Gasteiger charge is 2.18. The van der Waals surface area contributed by atoms with E-state index in [0.29, 0.717) is 0 Å². The molecule has 0 bridgehead atoms. The van der Waals surface area contributed by atoms with Gasteiger partial charge in [0.25, 0.3) is 5.91 Å². The predicted molar refractivity (Wildman–Crippen MR) is 71.1 cm³/mol. The number of nitrogens with two attached hydrogens (primary N) is 1. The van der Waals surface area contributed by atoms with Crippen molar-refractivity contribution in [3.05, 3.63) is 34.3 Å². The lowest BCUT2D eigenvalue weighted by Gasteiger charge is -2.11. The van der Waals surface area contributed by atoms with Crippen LogP contribution in [0.4, 0.5) is 4.79 Å². The van der Waals surface area contributed by atoms with Crippen LogP contribution in [0.25, 0.3) is 0 Å². The van der Waals surface area contributed by atoms with E-state index in [2.05, 4.69) is 15.9 Å². The van der Waals surface area contributed by atoms with Gasteiger partial charge in [0.15, 0.2) is 6.10 Å². The van der Waals surface area contributed by atoms with E-state index < -0.39 is 24.0 Å². The fourth-order valence-electron chi connectivity index (χ4n) is 1.28. The number of imide groups is 1. The van der Waals surface area contributed by atoms with Gasteiger partial charge in [-0.15, -0.1) is 0 Å². The molecule has 0 saturated carbocycles. The van der Waals surface area contributed by atoms with Crippen LogP contribution in [-0.4, -0.2) is 24.0 Å². The minimum Gasteiger partial charge on any atom is -0.452 e. The van der Waals surface area contributed by atoms with E-state index in [1.165, 1.54) is 6.92 Å². The maximum absolute atomic E-state index is 11.6. The Balaban J connectivity index is 2.48.